The Bertz CT molecular complexity index is 598. The van der Waals surface area contributed by atoms with Crippen molar-refractivity contribution in [1.29, 1.82) is 0 Å². The van der Waals surface area contributed by atoms with Gasteiger partial charge in [0.2, 0.25) is 5.88 Å². The molecule has 1 aromatic heterocycles. The van der Waals surface area contributed by atoms with Crippen LogP contribution in [0.3, 0.4) is 0 Å². The second kappa shape index (κ2) is 13.0. The van der Waals surface area contributed by atoms with Gasteiger partial charge in [0, 0.05) is 38.6 Å². The van der Waals surface area contributed by atoms with Crippen LogP contribution in [-0.4, -0.2) is 50.0 Å². The van der Waals surface area contributed by atoms with E-state index in [1.54, 1.807) is 6.07 Å². The third-order valence-electron chi connectivity index (χ3n) is 3.76. The molecule has 0 spiro atoms. The van der Waals surface area contributed by atoms with Gasteiger partial charge < -0.3 is 20.1 Å². The Morgan fingerprint density at radius 2 is 2.11 bits per heavy atom. The van der Waals surface area contributed by atoms with E-state index in [0.29, 0.717) is 31.2 Å². The summed E-state index contributed by atoms with van der Waals surface area (Å²) in [4.78, 5) is 8.22. The zero-order chi connectivity index (χ0) is 19.5. The number of halogens is 4. The fourth-order valence-electron chi connectivity index (χ4n) is 2.21. The van der Waals surface area contributed by atoms with E-state index in [4.69, 9.17) is 4.74 Å². The fourth-order valence-corrected chi connectivity index (χ4v) is 2.21. The SMILES string of the molecule is CCNC(=NCc1ccnc(OCC(F)(F)F)c1)NCCCOCC1CC1.I. The van der Waals surface area contributed by atoms with Gasteiger partial charge in [-0.1, -0.05) is 0 Å². The minimum absolute atomic E-state index is 0. The van der Waals surface area contributed by atoms with E-state index in [1.165, 1.54) is 25.1 Å². The van der Waals surface area contributed by atoms with Gasteiger partial charge in [-0.05, 0) is 43.7 Å². The zero-order valence-corrected chi connectivity index (χ0v) is 18.3. The Balaban J connectivity index is 0.00000392. The molecule has 0 amide bonds. The lowest BCUT2D eigenvalue weighted by Gasteiger charge is -2.12. The number of nitrogens with zero attached hydrogens (tertiary/aromatic N) is 2. The highest BCUT2D eigenvalue weighted by molar-refractivity contribution is 14.0. The molecule has 0 unspecified atom stereocenters. The summed E-state index contributed by atoms with van der Waals surface area (Å²) in [5.41, 5.74) is 0.715. The van der Waals surface area contributed by atoms with Crippen molar-refractivity contribution in [2.75, 3.05) is 32.9 Å². The Morgan fingerprint density at radius 3 is 2.79 bits per heavy atom. The van der Waals surface area contributed by atoms with Crippen LogP contribution in [0.2, 0.25) is 0 Å². The molecule has 28 heavy (non-hydrogen) atoms. The van der Waals surface area contributed by atoms with Crippen LogP contribution in [0.1, 0.15) is 31.7 Å². The Kier molecular flexibility index (Phi) is 11.5. The lowest BCUT2D eigenvalue weighted by Crippen LogP contribution is -2.38. The number of alkyl halides is 3. The molecule has 0 saturated heterocycles. The number of hydrogen-bond acceptors (Lipinski definition) is 4. The lowest BCUT2D eigenvalue weighted by atomic mass is 10.3. The molecule has 1 saturated carbocycles. The van der Waals surface area contributed by atoms with Crippen molar-refractivity contribution >= 4 is 29.9 Å². The largest absolute Gasteiger partial charge is 0.468 e. The van der Waals surface area contributed by atoms with Crippen LogP contribution in [-0.2, 0) is 11.3 Å². The van der Waals surface area contributed by atoms with Crippen molar-refractivity contribution in [1.82, 2.24) is 15.6 Å². The Hall–Kier alpha value is -1.30. The van der Waals surface area contributed by atoms with Crippen LogP contribution >= 0.6 is 24.0 Å². The fraction of sp³-hybridized carbons (Fsp3) is 0.667. The van der Waals surface area contributed by atoms with Crippen LogP contribution in [0.4, 0.5) is 13.2 Å². The number of nitrogens with one attached hydrogen (secondary N) is 2. The molecular weight excluding hydrogens is 488 g/mol. The number of ether oxygens (including phenoxy) is 2. The second-order valence-electron chi connectivity index (χ2n) is 6.40. The summed E-state index contributed by atoms with van der Waals surface area (Å²) in [5.74, 6) is 1.35. The maximum atomic E-state index is 12.2. The quantitative estimate of drug-likeness (QED) is 0.204. The van der Waals surface area contributed by atoms with Gasteiger partial charge in [-0.2, -0.15) is 13.2 Å². The number of pyridine rings is 1. The van der Waals surface area contributed by atoms with Gasteiger partial charge in [0.25, 0.3) is 0 Å². The van der Waals surface area contributed by atoms with Crippen molar-refractivity contribution in [2.45, 2.75) is 38.9 Å². The summed E-state index contributed by atoms with van der Waals surface area (Å²) in [6.07, 6.45) is 0.469. The lowest BCUT2D eigenvalue weighted by molar-refractivity contribution is -0.154. The molecule has 1 fully saturated rings. The zero-order valence-electron chi connectivity index (χ0n) is 15.9. The van der Waals surface area contributed by atoms with Crippen molar-refractivity contribution < 1.29 is 22.6 Å². The first-order valence-electron chi connectivity index (χ1n) is 9.20. The van der Waals surface area contributed by atoms with E-state index in [-0.39, 0.29) is 29.9 Å². The maximum absolute atomic E-state index is 12.2. The molecule has 6 nitrogen and oxygen atoms in total. The molecule has 0 bridgehead atoms. The monoisotopic (exact) mass is 516 g/mol. The van der Waals surface area contributed by atoms with E-state index in [9.17, 15) is 13.2 Å². The van der Waals surface area contributed by atoms with Gasteiger partial charge in [-0.15, -0.1) is 24.0 Å². The first kappa shape index (κ1) is 24.7. The highest BCUT2D eigenvalue weighted by Gasteiger charge is 2.28. The molecule has 1 aliphatic rings. The van der Waals surface area contributed by atoms with Gasteiger partial charge in [-0.3, -0.25) is 0 Å². The molecule has 1 aromatic rings. The third-order valence-corrected chi connectivity index (χ3v) is 3.76. The molecule has 1 heterocycles. The molecule has 2 rings (SSSR count). The van der Waals surface area contributed by atoms with Crippen LogP contribution in [0.25, 0.3) is 0 Å². The molecule has 2 N–H and O–H groups in total. The molecule has 0 aliphatic heterocycles. The van der Waals surface area contributed by atoms with Crippen molar-refractivity contribution in [3.8, 4) is 5.88 Å². The summed E-state index contributed by atoms with van der Waals surface area (Å²) < 4.78 is 46.9. The molecule has 0 atom stereocenters. The average molecular weight is 516 g/mol. The van der Waals surface area contributed by atoms with Crippen LogP contribution in [0.15, 0.2) is 23.3 Å². The van der Waals surface area contributed by atoms with Crippen molar-refractivity contribution in [3.63, 3.8) is 0 Å². The van der Waals surface area contributed by atoms with Gasteiger partial charge in [0.15, 0.2) is 12.6 Å². The van der Waals surface area contributed by atoms with Crippen LogP contribution < -0.4 is 15.4 Å². The summed E-state index contributed by atoms with van der Waals surface area (Å²) in [7, 11) is 0. The standard InChI is InChI=1S/C18H27F3N4O2.HI/c1-2-22-17(24-7-3-9-26-12-14-4-5-14)25-11-15-6-8-23-16(10-15)27-13-18(19,20)21;/h6,8,10,14H,2-5,7,9,11-13H2,1H3,(H2,22,24,25);1H. The highest BCUT2D eigenvalue weighted by atomic mass is 127. The summed E-state index contributed by atoms with van der Waals surface area (Å²) in [5, 5.41) is 6.35. The first-order valence-corrected chi connectivity index (χ1v) is 9.20. The molecule has 0 aromatic carbocycles. The molecular formula is C18H28F3IN4O2. The minimum atomic E-state index is -4.39. The Labute approximate surface area is 180 Å². The molecule has 0 radical (unpaired) electrons. The topological polar surface area (TPSA) is 67.8 Å². The van der Waals surface area contributed by atoms with Gasteiger partial charge in [0.05, 0.1) is 6.54 Å². The van der Waals surface area contributed by atoms with Gasteiger partial charge in [-0.25, -0.2) is 9.98 Å². The smallest absolute Gasteiger partial charge is 0.422 e. The van der Waals surface area contributed by atoms with Crippen LogP contribution in [0, 0.1) is 5.92 Å². The van der Waals surface area contributed by atoms with E-state index >= 15 is 0 Å². The van der Waals surface area contributed by atoms with E-state index < -0.39 is 12.8 Å². The van der Waals surface area contributed by atoms with E-state index in [1.807, 2.05) is 6.92 Å². The van der Waals surface area contributed by atoms with Crippen molar-refractivity contribution in [2.24, 2.45) is 10.9 Å². The second-order valence-corrected chi connectivity index (χ2v) is 6.40. The van der Waals surface area contributed by atoms with Crippen LogP contribution in [0.5, 0.6) is 5.88 Å². The van der Waals surface area contributed by atoms with Gasteiger partial charge in [0.1, 0.15) is 0 Å². The molecule has 10 heteroatoms. The van der Waals surface area contributed by atoms with Gasteiger partial charge >= 0.3 is 6.18 Å². The molecule has 160 valence electrons. The normalized spacial score (nSPS) is 14.4. The Morgan fingerprint density at radius 1 is 1.32 bits per heavy atom. The molecule has 1 aliphatic carbocycles. The maximum Gasteiger partial charge on any atom is 0.422 e. The number of rotatable bonds is 11. The third kappa shape index (κ3) is 11.5. The van der Waals surface area contributed by atoms with E-state index in [2.05, 4.69) is 25.3 Å². The van der Waals surface area contributed by atoms with Crippen molar-refractivity contribution in [3.05, 3.63) is 23.9 Å². The summed E-state index contributed by atoms with van der Waals surface area (Å²) in [6, 6.07) is 3.16. The summed E-state index contributed by atoms with van der Waals surface area (Å²) in [6.45, 7) is 3.92. The number of guanidine groups is 1. The highest BCUT2D eigenvalue weighted by Crippen LogP contribution is 2.28. The average Bonchev–Trinajstić information content (AvgIpc) is 3.45. The minimum Gasteiger partial charge on any atom is -0.468 e. The number of hydrogen-bond donors (Lipinski definition) is 2. The predicted octanol–water partition coefficient (Wildman–Crippen LogP) is 3.51. The van der Waals surface area contributed by atoms with E-state index in [0.717, 1.165) is 25.5 Å². The predicted molar refractivity (Wildman–Crippen MR) is 112 cm³/mol. The summed E-state index contributed by atoms with van der Waals surface area (Å²) >= 11 is 0. The number of aromatic nitrogens is 1. The first-order chi connectivity index (χ1) is 13.0. The number of aliphatic imine (C=N–C) groups is 1.